The van der Waals surface area contributed by atoms with Crippen LogP contribution in [0.1, 0.15) is 18.9 Å². The van der Waals surface area contributed by atoms with E-state index in [-0.39, 0.29) is 36.4 Å². The smallest absolute Gasteiger partial charge is 0.243 e. The number of carbonyl (C=O) groups excluding carboxylic acids is 1. The molecule has 0 bridgehead atoms. The van der Waals surface area contributed by atoms with Gasteiger partial charge in [0.05, 0.1) is 19.8 Å². The molecule has 1 unspecified atom stereocenters. The Bertz CT molecular complexity index is 664. The van der Waals surface area contributed by atoms with Crippen LogP contribution in [0.15, 0.2) is 29.3 Å². The van der Waals surface area contributed by atoms with E-state index in [2.05, 4.69) is 38.4 Å². The van der Waals surface area contributed by atoms with Crippen molar-refractivity contribution in [3.8, 4) is 0 Å². The first-order valence-electron chi connectivity index (χ1n) is 9.85. The summed E-state index contributed by atoms with van der Waals surface area (Å²) in [5.41, 5.74) is 2.05. The predicted octanol–water partition coefficient (Wildman–Crippen LogP) is 1.79. The molecule has 2 heterocycles. The van der Waals surface area contributed by atoms with E-state index in [4.69, 9.17) is 4.74 Å². The van der Waals surface area contributed by atoms with Gasteiger partial charge in [-0.25, -0.2) is 0 Å². The van der Waals surface area contributed by atoms with Gasteiger partial charge in [0.1, 0.15) is 0 Å². The van der Waals surface area contributed by atoms with Crippen LogP contribution in [0.4, 0.5) is 5.69 Å². The van der Waals surface area contributed by atoms with Crippen molar-refractivity contribution >= 4 is 41.5 Å². The molecule has 0 aromatic heterocycles. The van der Waals surface area contributed by atoms with Gasteiger partial charge in [0.2, 0.25) is 5.91 Å². The van der Waals surface area contributed by atoms with Crippen LogP contribution < -0.4 is 10.6 Å². The molecular formula is C20H32IN5O2. The van der Waals surface area contributed by atoms with E-state index < -0.39 is 0 Å². The Balaban J connectivity index is 0.00000280. The number of rotatable bonds is 5. The minimum atomic E-state index is -0.0617. The summed E-state index contributed by atoms with van der Waals surface area (Å²) in [5.74, 6) is 0.733. The molecule has 0 aliphatic carbocycles. The summed E-state index contributed by atoms with van der Waals surface area (Å²) in [6, 6.07) is 8.50. The first kappa shape index (κ1) is 22.9. The molecule has 3 rings (SSSR count). The normalized spacial score (nSPS) is 20.6. The number of hydrogen-bond acceptors (Lipinski definition) is 4. The fourth-order valence-electron chi connectivity index (χ4n) is 3.74. The molecule has 28 heavy (non-hydrogen) atoms. The summed E-state index contributed by atoms with van der Waals surface area (Å²) in [5, 5.41) is 6.15. The molecule has 0 radical (unpaired) electrons. The second-order valence-electron chi connectivity index (χ2n) is 7.04. The lowest BCUT2D eigenvalue weighted by atomic mass is 10.1. The molecular weight excluding hydrogens is 469 g/mol. The van der Waals surface area contributed by atoms with Gasteiger partial charge in [-0.2, -0.15) is 0 Å². The van der Waals surface area contributed by atoms with Crippen LogP contribution in [0.5, 0.6) is 0 Å². The van der Waals surface area contributed by atoms with Gasteiger partial charge in [0, 0.05) is 45.0 Å². The van der Waals surface area contributed by atoms with Gasteiger partial charge in [0.25, 0.3) is 0 Å². The van der Waals surface area contributed by atoms with Gasteiger partial charge in [0.15, 0.2) is 5.96 Å². The summed E-state index contributed by atoms with van der Waals surface area (Å²) in [6.07, 6.45) is 2.07. The van der Waals surface area contributed by atoms with Gasteiger partial charge in [-0.15, -0.1) is 24.0 Å². The van der Waals surface area contributed by atoms with E-state index >= 15 is 0 Å². The molecule has 0 saturated carbocycles. The van der Waals surface area contributed by atoms with Gasteiger partial charge >= 0.3 is 0 Å². The van der Waals surface area contributed by atoms with Crippen LogP contribution >= 0.6 is 24.0 Å². The largest absolute Gasteiger partial charge is 0.379 e. The van der Waals surface area contributed by atoms with Crippen molar-refractivity contribution in [2.24, 2.45) is 4.99 Å². The van der Waals surface area contributed by atoms with E-state index in [0.717, 1.165) is 63.9 Å². The average Bonchev–Trinajstić information content (AvgIpc) is 3.19. The number of guanidine groups is 1. The number of morpholine rings is 1. The highest BCUT2D eigenvalue weighted by Gasteiger charge is 2.30. The molecule has 1 amide bonds. The summed E-state index contributed by atoms with van der Waals surface area (Å²) in [7, 11) is 1.77. The highest BCUT2D eigenvalue weighted by atomic mass is 127. The topological polar surface area (TPSA) is 69.2 Å². The van der Waals surface area contributed by atoms with Crippen LogP contribution in [0.3, 0.4) is 0 Å². The van der Waals surface area contributed by atoms with Crippen LogP contribution in [0.25, 0.3) is 0 Å². The number of benzene rings is 1. The molecule has 1 atom stereocenters. The fraction of sp³-hybridized carbons (Fsp3) is 0.600. The van der Waals surface area contributed by atoms with Crippen LogP contribution in [-0.2, 0) is 16.0 Å². The van der Waals surface area contributed by atoms with Crippen LogP contribution in [-0.4, -0.2) is 80.7 Å². The number of ether oxygens (including phenoxy) is 1. The Kier molecular flexibility index (Phi) is 9.46. The summed E-state index contributed by atoms with van der Waals surface area (Å²) < 4.78 is 5.45. The van der Waals surface area contributed by atoms with Crippen molar-refractivity contribution in [1.82, 2.24) is 15.1 Å². The van der Waals surface area contributed by atoms with E-state index in [0.29, 0.717) is 6.04 Å². The first-order chi connectivity index (χ1) is 13.2. The molecule has 1 aromatic carbocycles. The minimum absolute atomic E-state index is 0. The molecule has 0 spiro atoms. The number of aryl methyl sites for hydroxylation is 1. The second kappa shape index (κ2) is 11.6. The van der Waals surface area contributed by atoms with E-state index in [1.807, 2.05) is 18.2 Å². The monoisotopic (exact) mass is 501 g/mol. The number of nitrogens with zero attached hydrogens (tertiary/aromatic N) is 3. The molecule has 8 heteroatoms. The highest BCUT2D eigenvalue weighted by Crippen LogP contribution is 2.17. The Morgan fingerprint density at radius 3 is 2.79 bits per heavy atom. The molecule has 2 fully saturated rings. The number of nitrogens with one attached hydrogen (secondary N) is 2. The maximum absolute atomic E-state index is 12.3. The zero-order chi connectivity index (χ0) is 19.1. The summed E-state index contributed by atoms with van der Waals surface area (Å²) >= 11 is 0. The molecule has 7 nitrogen and oxygen atoms in total. The van der Waals surface area contributed by atoms with Crippen molar-refractivity contribution in [3.63, 3.8) is 0 Å². The number of amides is 1. The first-order valence-corrected chi connectivity index (χ1v) is 9.85. The van der Waals surface area contributed by atoms with E-state index in [1.54, 1.807) is 7.05 Å². The van der Waals surface area contributed by atoms with Crippen LogP contribution in [0, 0.1) is 0 Å². The Labute approximate surface area is 184 Å². The third kappa shape index (κ3) is 6.31. The lowest BCUT2D eigenvalue weighted by Gasteiger charge is -2.32. The second-order valence-corrected chi connectivity index (χ2v) is 7.04. The third-order valence-corrected chi connectivity index (χ3v) is 5.26. The zero-order valence-corrected chi connectivity index (χ0v) is 19.1. The lowest BCUT2D eigenvalue weighted by Crippen LogP contribution is -2.47. The Morgan fingerprint density at radius 1 is 1.29 bits per heavy atom. The standard InChI is InChI=1S/C20H31N5O2.HI/c1-3-16-5-4-6-17(13-16)23-19(26)14-22-20(21-2)25-8-7-18(15-25)24-9-11-27-12-10-24;/h4-6,13,18H,3,7-12,14-15H2,1-2H3,(H,21,22)(H,23,26);1H. The van der Waals surface area contributed by atoms with Gasteiger partial charge in [-0.1, -0.05) is 19.1 Å². The lowest BCUT2D eigenvalue weighted by molar-refractivity contribution is -0.115. The summed E-state index contributed by atoms with van der Waals surface area (Å²) in [6.45, 7) is 7.87. The molecule has 2 aliphatic rings. The van der Waals surface area contributed by atoms with Crippen molar-refractivity contribution in [1.29, 1.82) is 0 Å². The predicted molar refractivity (Wildman–Crippen MR) is 124 cm³/mol. The molecule has 2 saturated heterocycles. The fourth-order valence-corrected chi connectivity index (χ4v) is 3.74. The Morgan fingerprint density at radius 2 is 2.07 bits per heavy atom. The van der Waals surface area contributed by atoms with E-state index in [1.165, 1.54) is 5.56 Å². The molecule has 2 N–H and O–H groups in total. The number of carbonyl (C=O) groups is 1. The Hall–Kier alpha value is -1.39. The zero-order valence-electron chi connectivity index (χ0n) is 16.8. The average molecular weight is 501 g/mol. The molecule has 1 aromatic rings. The number of hydrogen-bond donors (Lipinski definition) is 2. The maximum atomic E-state index is 12.3. The van der Waals surface area contributed by atoms with Gasteiger partial charge in [-0.3, -0.25) is 14.7 Å². The highest BCUT2D eigenvalue weighted by molar-refractivity contribution is 14.0. The van der Waals surface area contributed by atoms with Crippen molar-refractivity contribution < 1.29 is 9.53 Å². The van der Waals surface area contributed by atoms with Crippen molar-refractivity contribution in [2.75, 3.05) is 58.3 Å². The van der Waals surface area contributed by atoms with Gasteiger partial charge < -0.3 is 20.3 Å². The number of halogens is 1. The molecule has 2 aliphatic heterocycles. The third-order valence-electron chi connectivity index (χ3n) is 5.26. The van der Waals surface area contributed by atoms with Crippen molar-refractivity contribution in [2.45, 2.75) is 25.8 Å². The minimum Gasteiger partial charge on any atom is -0.379 e. The quantitative estimate of drug-likeness (QED) is 0.366. The van der Waals surface area contributed by atoms with E-state index in [9.17, 15) is 4.79 Å². The van der Waals surface area contributed by atoms with Gasteiger partial charge in [-0.05, 0) is 30.5 Å². The molecule has 156 valence electrons. The van der Waals surface area contributed by atoms with Crippen LogP contribution in [0.2, 0.25) is 0 Å². The van der Waals surface area contributed by atoms with Crippen molar-refractivity contribution in [3.05, 3.63) is 29.8 Å². The number of anilines is 1. The number of aliphatic imine (C=N–C) groups is 1. The maximum Gasteiger partial charge on any atom is 0.243 e. The summed E-state index contributed by atoms with van der Waals surface area (Å²) in [4.78, 5) is 21.4. The SMILES string of the molecule is CCc1cccc(NC(=O)CNC(=NC)N2CCC(N3CCOCC3)C2)c1.I. The number of likely N-dealkylation sites (tertiary alicyclic amines) is 1.